The second-order valence-corrected chi connectivity index (χ2v) is 8.13. The molecule has 8 N–H and O–H groups in total. The molecule has 0 aliphatic heterocycles. The fourth-order valence-corrected chi connectivity index (χ4v) is 3.97. The van der Waals surface area contributed by atoms with Crippen LogP contribution in [0.4, 0.5) is 17.7 Å². The second-order valence-electron chi connectivity index (χ2n) is 8.13. The van der Waals surface area contributed by atoms with Crippen molar-refractivity contribution in [2.24, 2.45) is 5.73 Å². The van der Waals surface area contributed by atoms with Gasteiger partial charge >= 0.3 is 5.97 Å². The standard InChI is InChI=1S/C22H25N11O4/c1-37-20(36)14(8-9-15(23)34)33(22-29-31-32-30-22)19(35)12-5-2-11(3-6-12)4-7-13-10-26-18-16(13)17(24)27-21(25)28-18/h2-3,5-6,10,14H,4,7-9H2,1H3,(H2,23,34)(H,29,30,31,32)(H5,24,25,26,27,28)/t14-/m0/s1. The number of methoxy groups -OCH3 is 1. The summed E-state index contributed by atoms with van der Waals surface area (Å²) in [6.45, 7) is 0. The fraction of sp³-hybridized carbons (Fsp3) is 0.273. The number of nitrogens with two attached hydrogens (primary N) is 3. The molecular weight excluding hydrogens is 482 g/mol. The van der Waals surface area contributed by atoms with Crippen LogP contribution in [0.2, 0.25) is 0 Å². The van der Waals surface area contributed by atoms with Gasteiger partial charge in [0.05, 0.1) is 12.5 Å². The Balaban J connectivity index is 1.53. The number of anilines is 3. The van der Waals surface area contributed by atoms with Gasteiger partial charge in [0.15, 0.2) is 0 Å². The molecule has 0 unspecified atom stereocenters. The van der Waals surface area contributed by atoms with Crippen LogP contribution in [0.5, 0.6) is 0 Å². The summed E-state index contributed by atoms with van der Waals surface area (Å²) >= 11 is 0. The van der Waals surface area contributed by atoms with E-state index >= 15 is 0 Å². The van der Waals surface area contributed by atoms with E-state index in [2.05, 4.69) is 35.6 Å². The Morgan fingerprint density at radius 1 is 1.11 bits per heavy atom. The molecule has 0 bridgehead atoms. The number of hydrogen-bond donors (Lipinski definition) is 5. The largest absolute Gasteiger partial charge is 0.467 e. The minimum absolute atomic E-state index is 0.0799. The number of benzene rings is 1. The van der Waals surface area contributed by atoms with Crippen molar-refractivity contribution in [3.63, 3.8) is 0 Å². The van der Waals surface area contributed by atoms with E-state index in [9.17, 15) is 14.4 Å². The van der Waals surface area contributed by atoms with Crippen molar-refractivity contribution in [2.45, 2.75) is 31.7 Å². The number of carbonyl (C=O) groups is 3. The number of nitrogens with one attached hydrogen (secondary N) is 2. The number of esters is 1. The average Bonchev–Trinajstić information content (AvgIpc) is 3.55. The molecule has 0 aliphatic carbocycles. The fourth-order valence-electron chi connectivity index (χ4n) is 3.97. The number of H-pyrrole nitrogens is 2. The second kappa shape index (κ2) is 10.7. The molecule has 2 amide bonds. The Morgan fingerprint density at radius 3 is 2.51 bits per heavy atom. The molecular formula is C22H25N11O4. The van der Waals surface area contributed by atoms with Gasteiger partial charge in [-0.15, -0.1) is 5.10 Å². The molecule has 4 rings (SSSR count). The number of aromatic nitrogens is 7. The lowest BCUT2D eigenvalue weighted by Crippen LogP contribution is -2.47. The van der Waals surface area contributed by atoms with Gasteiger partial charge in [-0.3, -0.25) is 14.5 Å². The molecule has 3 heterocycles. The third-order valence-corrected chi connectivity index (χ3v) is 5.76. The number of fused-ring (bicyclic) bond motifs is 1. The molecule has 192 valence electrons. The van der Waals surface area contributed by atoms with Gasteiger partial charge in [-0.2, -0.15) is 15.2 Å². The summed E-state index contributed by atoms with van der Waals surface area (Å²) in [5.74, 6) is -1.71. The molecule has 0 saturated heterocycles. The van der Waals surface area contributed by atoms with Crippen LogP contribution in [0.15, 0.2) is 30.5 Å². The number of aryl methyl sites for hydroxylation is 2. The third kappa shape index (κ3) is 5.44. The van der Waals surface area contributed by atoms with Crippen LogP contribution in [-0.4, -0.2) is 66.5 Å². The number of rotatable bonds is 10. The quantitative estimate of drug-likeness (QED) is 0.177. The van der Waals surface area contributed by atoms with E-state index in [0.717, 1.165) is 21.4 Å². The Bertz CT molecular complexity index is 1420. The first-order valence-electron chi connectivity index (χ1n) is 11.2. The number of nitrogen functional groups attached to an aromatic ring is 2. The number of aromatic amines is 2. The van der Waals surface area contributed by atoms with E-state index < -0.39 is 23.8 Å². The predicted octanol–water partition coefficient (Wildman–Crippen LogP) is -0.125. The summed E-state index contributed by atoms with van der Waals surface area (Å²) in [5, 5.41) is 14.1. The van der Waals surface area contributed by atoms with Crippen LogP contribution >= 0.6 is 0 Å². The highest BCUT2D eigenvalue weighted by molar-refractivity contribution is 6.08. The summed E-state index contributed by atoms with van der Waals surface area (Å²) in [6.07, 6.45) is 2.86. The van der Waals surface area contributed by atoms with Crippen molar-refractivity contribution in [3.8, 4) is 0 Å². The van der Waals surface area contributed by atoms with Crippen LogP contribution in [0, 0.1) is 0 Å². The molecule has 0 fully saturated rings. The zero-order valence-electron chi connectivity index (χ0n) is 19.8. The van der Waals surface area contributed by atoms with Crippen molar-refractivity contribution in [3.05, 3.63) is 47.2 Å². The maximum Gasteiger partial charge on any atom is 0.329 e. The Morgan fingerprint density at radius 2 is 1.86 bits per heavy atom. The lowest BCUT2D eigenvalue weighted by molar-refractivity contribution is -0.142. The van der Waals surface area contributed by atoms with Gasteiger partial charge in [-0.05, 0) is 47.7 Å². The summed E-state index contributed by atoms with van der Waals surface area (Å²) in [7, 11) is 1.18. The van der Waals surface area contributed by atoms with Gasteiger partial charge < -0.3 is 26.9 Å². The molecule has 0 spiro atoms. The minimum Gasteiger partial charge on any atom is -0.467 e. The molecule has 1 atom stereocenters. The average molecular weight is 508 g/mol. The van der Waals surface area contributed by atoms with Gasteiger partial charge in [-0.25, -0.2) is 4.79 Å². The monoisotopic (exact) mass is 507 g/mol. The van der Waals surface area contributed by atoms with Gasteiger partial charge in [0.1, 0.15) is 17.5 Å². The summed E-state index contributed by atoms with van der Waals surface area (Å²) in [4.78, 5) is 49.6. The van der Waals surface area contributed by atoms with Crippen LogP contribution in [0.3, 0.4) is 0 Å². The van der Waals surface area contributed by atoms with E-state index in [-0.39, 0.29) is 30.3 Å². The van der Waals surface area contributed by atoms with Crippen LogP contribution in [0.1, 0.15) is 34.3 Å². The van der Waals surface area contributed by atoms with Crippen LogP contribution < -0.4 is 22.1 Å². The number of primary amides is 1. The van der Waals surface area contributed by atoms with Gasteiger partial charge in [0, 0.05) is 18.2 Å². The third-order valence-electron chi connectivity index (χ3n) is 5.76. The highest BCUT2D eigenvalue weighted by Crippen LogP contribution is 2.24. The lowest BCUT2D eigenvalue weighted by Gasteiger charge is -2.26. The molecule has 15 nitrogen and oxygen atoms in total. The molecule has 4 aromatic rings. The predicted molar refractivity (Wildman–Crippen MR) is 132 cm³/mol. The van der Waals surface area contributed by atoms with Crippen molar-refractivity contribution < 1.29 is 19.1 Å². The zero-order valence-corrected chi connectivity index (χ0v) is 19.8. The van der Waals surface area contributed by atoms with Crippen molar-refractivity contribution in [2.75, 3.05) is 23.5 Å². The number of tetrazole rings is 1. The van der Waals surface area contributed by atoms with E-state index in [0.29, 0.717) is 24.3 Å². The number of amides is 2. The van der Waals surface area contributed by atoms with Crippen molar-refractivity contribution in [1.29, 1.82) is 0 Å². The minimum atomic E-state index is -1.19. The van der Waals surface area contributed by atoms with Crippen molar-refractivity contribution in [1.82, 2.24) is 35.6 Å². The smallest absolute Gasteiger partial charge is 0.329 e. The van der Waals surface area contributed by atoms with Crippen LogP contribution in [-0.2, 0) is 27.2 Å². The Kier molecular flexibility index (Phi) is 7.22. The van der Waals surface area contributed by atoms with Gasteiger partial charge in [-0.1, -0.05) is 17.2 Å². The van der Waals surface area contributed by atoms with E-state index in [4.69, 9.17) is 21.9 Å². The topological polar surface area (TPSA) is 238 Å². The molecule has 0 aliphatic rings. The molecule has 37 heavy (non-hydrogen) atoms. The zero-order chi connectivity index (χ0) is 26.5. The summed E-state index contributed by atoms with van der Waals surface area (Å²) < 4.78 is 4.84. The van der Waals surface area contributed by atoms with Crippen molar-refractivity contribution >= 4 is 46.5 Å². The number of carbonyl (C=O) groups excluding carboxylic acids is 3. The first-order chi connectivity index (χ1) is 17.8. The maximum absolute atomic E-state index is 13.5. The lowest BCUT2D eigenvalue weighted by atomic mass is 10.0. The molecule has 3 aromatic heterocycles. The molecule has 15 heteroatoms. The maximum atomic E-state index is 13.5. The first kappa shape index (κ1) is 25.0. The number of nitrogens with zero attached hydrogens (tertiary/aromatic N) is 6. The Hall–Kier alpha value is -5.08. The van der Waals surface area contributed by atoms with Crippen LogP contribution in [0.25, 0.3) is 11.0 Å². The SMILES string of the molecule is COC(=O)[C@H](CCC(N)=O)N(C(=O)c1ccc(CCc2c[nH]c3nc(N)nc(N)c23)cc1)c1nn[nH]n1. The molecule has 1 aromatic carbocycles. The van der Waals surface area contributed by atoms with E-state index in [1.54, 1.807) is 24.3 Å². The number of hydrogen-bond acceptors (Lipinski definition) is 11. The first-order valence-corrected chi connectivity index (χ1v) is 11.2. The number of ether oxygens (including phenoxy) is 1. The van der Waals surface area contributed by atoms with Gasteiger partial charge in [0.2, 0.25) is 11.9 Å². The highest BCUT2D eigenvalue weighted by atomic mass is 16.5. The highest BCUT2D eigenvalue weighted by Gasteiger charge is 2.35. The summed E-state index contributed by atoms with van der Waals surface area (Å²) in [6, 6.07) is 5.66. The molecule has 0 saturated carbocycles. The molecule has 0 radical (unpaired) electrons. The summed E-state index contributed by atoms with van der Waals surface area (Å²) in [5.41, 5.74) is 19.6. The van der Waals surface area contributed by atoms with E-state index in [1.165, 1.54) is 7.11 Å². The van der Waals surface area contributed by atoms with Gasteiger partial charge in [0.25, 0.3) is 11.9 Å². The normalized spacial score (nSPS) is 11.8. The van der Waals surface area contributed by atoms with E-state index in [1.807, 2.05) is 6.20 Å². The Labute approximate surface area is 209 Å².